The highest BCUT2D eigenvalue weighted by Gasteiger charge is 2.04. The second-order valence-electron chi connectivity index (χ2n) is 4.84. The van der Waals surface area contributed by atoms with Crippen molar-refractivity contribution in [3.8, 4) is 0 Å². The zero-order valence-corrected chi connectivity index (χ0v) is 13.1. The van der Waals surface area contributed by atoms with Crippen LogP contribution in [0.3, 0.4) is 0 Å². The first-order chi connectivity index (χ1) is 10.1. The Hall–Kier alpha value is -1.79. The van der Waals surface area contributed by atoms with E-state index in [0.29, 0.717) is 5.16 Å². The summed E-state index contributed by atoms with van der Waals surface area (Å²) in [7, 11) is 0. The van der Waals surface area contributed by atoms with Gasteiger partial charge in [-0.1, -0.05) is 24.8 Å². The van der Waals surface area contributed by atoms with E-state index in [9.17, 15) is 4.79 Å². The number of nitrogens with zero attached hydrogens (tertiary/aromatic N) is 1. The van der Waals surface area contributed by atoms with Gasteiger partial charge in [-0.05, 0) is 43.1 Å². The fourth-order valence-electron chi connectivity index (χ4n) is 1.94. The van der Waals surface area contributed by atoms with E-state index < -0.39 is 0 Å². The normalized spacial score (nSPS) is 10.8. The molecule has 0 amide bonds. The van der Waals surface area contributed by atoms with Crippen molar-refractivity contribution in [2.75, 3.05) is 12.3 Å². The highest BCUT2D eigenvalue weighted by Crippen LogP contribution is 2.26. The van der Waals surface area contributed by atoms with Crippen molar-refractivity contribution < 1.29 is 0 Å². The maximum Gasteiger partial charge on any atom is 0.253 e. The molecule has 1 heterocycles. The Labute approximate surface area is 128 Å². The highest BCUT2D eigenvalue weighted by atomic mass is 32.2. The van der Waals surface area contributed by atoms with Gasteiger partial charge in [0.2, 0.25) is 0 Å². The molecule has 0 saturated heterocycles. The first-order valence-electron chi connectivity index (χ1n) is 6.93. The SMILES string of the molecule is CCCNCc1ccc(Sc2nc(N)cc(=O)[nH]2)cc1C. The van der Waals surface area contributed by atoms with E-state index in [4.69, 9.17) is 5.73 Å². The predicted octanol–water partition coefficient (Wildman–Crippen LogP) is 2.31. The van der Waals surface area contributed by atoms with Gasteiger partial charge in [-0.15, -0.1) is 0 Å². The molecule has 0 aliphatic carbocycles. The molecule has 2 aromatic rings. The Morgan fingerprint density at radius 2 is 2.19 bits per heavy atom. The third-order valence-electron chi connectivity index (χ3n) is 3.01. The lowest BCUT2D eigenvalue weighted by Crippen LogP contribution is -2.14. The van der Waals surface area contributed by atoms with Gasteiger partial charge in [0.1, 0.15) is 5.82 Å². The van der Waals surface area contributed by atoms with Crippen LogP contribution in [0.15, 0.2) is 39.1 Å². The Kier molecular flexibility index (Phi) is 5.41. The number of nitrogens with one attached hydrogen (secondary N) is 2. The monoisotopic (exact) mass is 304 g/mol. The number of aromatic nitrogens is 2. The number of hydrogen-bond donors (Lipinski definition) is 3. The van der Waals surface area contributed by atoms with Gasteiger partial charge < -0.3 is 16.0 Å². The molecule has 0 fully saturated rings. The number of aryl methyl sites for hydroxylation is 1. The van der Waals surface area contributed by atoms with E-state index in [-0.39, 0.29) is 11.4 Å². The van der Waals surface area contributed by atoms with Crippen molar-refractivity contribution in [2.24, 2.45) is 0 Å². The summed E-state index contributed by atoms with van der Waals surface area (Å²) in [5.41, 5.74) is 7.85. The molecule has 0 saturated carbocycles. The second-order valence-corrected chi connectivity index (χ2v) is 5.90. The number of rotatable bonds is 6. The molecular weight excluding hydrogens is 284 g/mol. The number of anilines is 1. The van der Waals surface area contributed by atoms with Crippen molar-refractivity contribution in [1.82, 2.24) is 15.3 Å². The summed E-state index contributed by atoms with van der Waals surface area (Å²) in [6.45, 7) is 6.13. The van der Waals surface area contributed by atoms with Crippen molar-refractivity contribution in [2.45, 2.75) is 36.9 Å². The number of hydrogen-bond acceptors (Lipinski definition) is 5. The van der Waals surface area contributed by atoms with Crippen LogP contribution in [-0.2, 0) is 6.54 Å². The summed E-state index contributed by atoms with van der Waals surface area (Å²) >= 11 is 1.40. The van der Waals surface area contributed by atoms with Crippen LogP contribution >= 0.6 is 11.8 Å². The minimum atomic E-state index is -0.234. The lowest BCUT2D eigenvalue weighted by Gasteiger charge is -2.09. The van der Waals surface area contributed by atoms with Gasteiger partial charge >= 0.3 is 0 Å². The Morgan fingerprint density at radius 1 is 1.38 bits per heavy atom. The second kappa shape index (κ2) is 7.28. The molecule has 6 heteroatoms. The molecule has 1 aromatic heterocycles. The topological polar surface area (TPSA) is 83.8 Å². The van der Waals surface area contributed by atoms with Crippen LogP contribution in [0.2, 0.25) is 0 Å². The Bertz CT molecular complexity index is 669. The van der Waals surface area contributed by atoms with Gasteiger partial charge in [0.05, 0.1) is 0 Å². The van der Waals surface area contributed by atoms with Crippen molar-refractivity contribution in [3.63, 3.8) is 0 Å². The van der Waals surface area contributed by atoms with Gasteiger partial charge in [-0.2, -0.15) is 0 Å². The lowest BCUT2D eigenvalue weighted by molar-refractivity contribution is 0.673. The summed E-state index contributed by atoms with van der Waals surface area (Å²) in [6, 6.07) is 7.50. The molecule has 0 unspecified atom stereocenters. The van der Waals surface area contributed by atoms with Gasteiger partial charge in [0, 0.05) is 17.5 Å². The molecule has 0 bridgehead atoms. The standard InChI is InChI=1S/C15H20N4OS/c1-3-6-17-9-11-4-5-12(7-10(11)2)21-15-18-13(16)8-14(20)19-15/h4-5,7-8,17H,3,6,9H2,1-2H3,(H3,16,18,19,20). The summed E-state index contributed by atoms with van der Waals surface area (Å²) < 4.78 is 0. The predicted molar refractivity (Wildman–Crippen MR) is 86.6 cm³/mol. The van der Waals surface area contributed by atoms with Gasteiger partial charge in [0.15, 0.2) is 5.16 Å². The fraction of sp³-hybridized carbons (Fsp3) is 0.333. The molecule has 0 aliphatic heterocycles. The zero-order chi connectivity index (χ0) is 15.2. The van der Waals surface area contributed by atoms with E-state index in [1.54, 1.807) is 0 Å². The van der Waals surface area contributed by atoms with E-state index in [1.165, 1.54) is 29.0 Å². The van der Waals surface area contributed by atoms with Crippen LogP contribution in [0.1, 0.15) is 24.5 Å². The number of aromatic amines is 1. The van der Waals surface area contributed by atoms with Crippen LogP contribution < -0.4 is 16.6 Å². The minimum Gasteiger partial charge on any atom is -0.383 e. The van der Waals surface area contributed by atoms with Gasteiger partial charge in [-0.3, -0.25) is 4.79 Å². The van der Waals surface area contributed by atoms with E-state index >= 15 is 0 Å². The quantitative estimate of drug-likeness (QED) is 0.563. The Balaban J connectivity index is 2.10. The number of nitrogens with two attached hydrogens (primary N) is 1. The van der Waals surface area contributed by atoms with Crippen LogP contribution in [-0.4, -0.2) is 16.5 Å². The molecule has 0 atom stereocenters. The molecule has 2 rings (SSSR count). The molecule has 5 nitrogen and oxygen atoms in total. The molecule has 0 spiro atoms. The zero-order valence-electron chi connectivity index (χ0n) is 12.3. The molecule has 0 aliphatic rings. The third-order valence-corrected chi connectivity index (χ3v) is 3.89. The van der Waals surface area contributed by atoms with E-state index in [2.05, 4.69) is 41.3 Å². The van der Waals surface area contributed by atoms with E-state index in [0.717, 1.165) is 24.4 Å². The fourth-order valence-corrected chi connectivity index (χ4v) is 2.84. The van der Waals surface area contributed by atoms with Crippen LogP contribution in [0, 0.1) is 6.92 Å². The molecular formula is C15H20N4OS. The van der Waals surface area contributed by atoms with Crippen molar-refractivity contribution >= 4 is 17.6 Å². The van der Waals surface area contributed by atoms with Crippen LogP contribution in [0.25, 0.3) is 0 Å². The highest BCUT2D eigenvalue weighted by molar-refractivity contribution is 7.99. The minimum absolute atomic E-state index is 0.234. The van der Waals surface area contributed by atoms with Crippen molar-refractivity contribution in [1.29, 1.82) is 0 Å². The molecule has 21 heavy (non-hydrogen) atoms. The summed E-state index contributed by atoms with van der Waals surface area (Å²) in [4.78, 5) is 19.2. The summed E-state index contributed by atoms with van der Waals surface area (Å²) in [5.74, 6) is 0.235. The maximum absolute atomic E-state index is 11.4. The largest absolute Gasteiger partial charge is 0.383 e. The van der Waals surface area contributed by atoms with E-state index in [1.807, 2.05) is 6.07 Å². The van der Waals surface area contributed by atoms with Gasteiger partial charge in [0.25, 0.3) is 5.56 Å². The number of H-pyrrole nitrogens is 1. The molecule has 1 aromatic carbocycles. The first kappa shape index (κ1) is 15.6. The molecule has 4 N–H and O–H groups in total. The molecule has 0 radical (unpaired) electrons. The summed E-state index contributed by atoms with van der Waals surface area (Å²) in [5, 5.41) is 3.90. The van der Waals surface area contributed by atoms with Gasteiger partial charge in [-0.25, -0.2) is 4.98 Å². The number of benzene rings is 1. The maximum atomic E-state index is 11.4. The van der Waals surface area contributed by atoms with Crippen LogP contribution in [0.4, 0.5) is 5.82 Å². The first-order valence-corrected chi connectivity index (χ1v) is 7.75. The number of nitrogen functional groups attached to an aromatic ring is 1. The third kappa shape index (κ3) is 4.61. The molecule has 112 valence electrons. The Morgan fingerprint density at radius 3 is 2.86 bits per heavy atom. The average molecular weight is 304 g/mol. The average Bonchev–Trinajstić information content (AvgIpc) is 2.40. The lowest BCUT2D eigenvalue weighted by atomic mass is 10.1. The summed E-state index contributed by atoms with van der Waals surface area (Å²) in [6.07, 6.45) is 1.13. The smallest absolute Gasteiger partial charge is 0.253 e. The van der Waals surface area contributed by atoms with Crippen molar-refractivity contribution in [3.05, 3.63) is 45.7 Å². The van der Waals surface area contributed by atoms with Crippen LogP contribution in [0.5, 0.6) is 0 Å².